The molecule has 1 saturated carbocycles. The van der Waals surface area contributed by atoms with Crippen LogP contribution in [0.5, 0.6) is 0 Å². The molecule has 5 rings (SSSR count). The molecule has 33 heavy (non-hydrogen) atoms. The second kappa shape index (κ2) is 9.68. The third-order valence-electron chi connectivity index (χ3n) is 6.08. The molecule has 6 heteroatoms. The van der Waals surface area contributed by atoms with Gasteiger partial charge in [-0.3, -0.25) is 4.79 Å². The molecule has 0 spiro atoms. The Labute approximate surface area is 207 Å². The molecule has 166 valence electrons. The van der Waals surface area contributed by atoms with Crippen molar-refractivity contribution in [2.24, 2.45) is 11.0 Å². The highest BCUT2D eigenvalue weighted by atomic mass is 35.5. The average Bonchev–Trinajstić information content (AvgIpc) is 3.48. The first-order valence-corrected chi connectivity index (χ1v) is 12.6. The van der Waals surface area contributed by atoms with Crippen LogP contribution < -0.4 is 0 Å². The van der Waals surface area contributed by atoms with E-state index in [2.05, 4.69) is 6.08 Å². The minimum atomic E-state index is -0.147. The summed E-state index contributed by atoms with van der Waals surface area (Å²) in [7, 11) is 0. The number of allylic oxidation sites excluding steroid dienone is 1. The highest BCUT2D eigenvalue weighted by Crippen LogP contribution is 2.44. The van der Waals surface area contributed by atoms with E-state index in [-0.39, 0.29) is 17.9 Å². The number of hydrazone groups is 1. The van der Waals surface area contributed by atoms with Crippen LogP contribution in [-0.4, -0.2) is 16.6 Å². The van der Waals surface area contributed by atoms with Gasteiger partial charge in [-0.25, -0.2) is 5.01 Å². The van der Waals surface area contributed by atoms with Crippen LogP contribution in [0.1, 0.15) is 41.3 Å². The Balaban J connectivity index is 1.52. The summed E-state index contributed by atoms with van der Waals surface area (Å²) in [5.41, 5.74) is 4.33. The minimum absolute atomic E-state index is 0.115. The SMILES string of the molecule is O=C(/C=C/c1cccs1)N1N=C2/C(=C\c3ccc(Cl)cc3)CCC[C@@H]2[C@@H]1c1ccc(Cl)cc1. The molecule has 2 aromatic carbocycles. The minimum Gasteiger partial charge on any atom is -0.268 e. The van der Waals surface area contributed by atoms with Crippen molar-refractivity contribution >= 4 is 58.3 Å². The third-order valence-corrected chi connectivity index (χ3v) is 7.42. The summed E-state index contributed by atoms with van der Waals surface area (Å²) in [4.78, 5) is 14.4. The predicted molar refractivity (Wildman–Crippen MR) is 139 cm³/mol. The van der Waals surface area contributed by atoms with E-state index in [0.717, 1.165) is 41.0 Å². The number of halogens is 2. The fourth-order valence-corrected chi connectivity index (χ4v) is 5.42. The lowest BCUT2D eigenvalue weighted by Gasteiger charge is -2.29. The molecule has 1 amide bonds. The van der Waals surface area contributed by atoms with Crippen molar-refractivity contribution in [3.05, 3.63) is 104 Å². The molecule has 0 unspecified atom stereocenters. The van der Waals surface area contributed by atoms with E-state index in [4.69, 9.17) is 28.3 Å². The van der Waals surface area contributed by atoms with E-state index in [1.807, 2.05) is 72.1 Å². The van der Waals surface area contributed by atoms with E-state index in [9.17, 15) is 4.79 Å². The number of carbonyl (C=O) groups excluding carboxylic acids is 1. The quantitative estimate of drug-likeness (QED) is 0.340. The van der Waals surface area contributed by atoms with Crippen LogP contribution in [0.25, 0.3) is 12.2 Å². The van der Waals surface area contributed by atoms with Crippen LogP contribution in [0.4, 0.5) is 0 Å². The van der Waals surface area contributed by atoms with Gasteiger partial charge in [0.1, 0.15) is 0 Å². The molecule has 2 heterocycles. The normalized spacial score (nSPS) is 21.5. The Hall–Kier alpha value is -2.66. The van der Waals surface area contributed by atoms with E-state index >= 15 is 0 Å². The summed E-state index contributed by atoms with van der Waals surface area (Å²) in [6.07, 6.45) is 8.65. The second-order valence-corrected chi connectivity index (χ2v) is 10.1. The number of thiophene rings is 1. The molecule has 1 aliphatic carbocycles. The van der Waals surface area contributed by atoms with E-state index < -0.39 is 0 Å². The second-order valence-electron chi connectivity index (χ2n) is 8.23. The fraction of sp³-hybridized carbons (Fsp3) is 0.185. The van der Waals surface area contributed by atoms with Crippen LogP contribution in [0.15, 0.2) is 82.8 Å². The largest absolute Gasteiger partial charge is 0.268 e. The Morgan fingerprint density at radius 2 is 1.76 bits per heavy atom. The van der Waals surface area contributed by atoms with E-state index in [1.54, 1.807) is 22.4 Å². The Morgan fingerprint density at radius 3 is 2.45 bits per heavy atom. The van der Waals surface area contributed by atoms with Gasteiger partial charge in [-0.15, -0.1) is 11.3 Å². The van der Waals surface area contributed by atoms with Crippen molar-refractivity contribution in [2.45, 2.75) is 25.3 Å². The Bertz CT molecular complexity index is 1230. The zero-order valence-electron chi connectivity index (χ0n) is 17.8. The van der Waals surface area contributed by atoms with Crippen molar-refractivity contribution in [3.63, 3.8) is 0 Å². The molecular weight excluding hydrogens is 471 g/mol. The molecule has 3 aromatic rings. The van der Waals surface area contributed by atoms with Crippen LogP contribution in [0.3, 0.4) is 0 Å². The molecule has 2 atom stereocenters. The highest BCUT2D eigenvalue weighted by Gasteiger charge is 2.43. The van der Waals surface area contributed by atoms with E-state index in [0.29, 0.717) is 10.0 Å². The number of benzene rings is 2. The monoisotopic (exact) mass is 492 g/mol. The molecule has 0 bridgehead atoms. The van der Waals surface area contributed by atoms with Crippen molar-refractivity contribution in [1.82, 2.24) is 5.01 Å². The maximum absolute atomic E-state index is 13.3. The van der Waals surface area contributed by atoms with Gasteiger partial charge in [0.25, 0.3) is 5.91 Å². The number of fused-ring (bicyclic) bond motifs is 1. The molecule has 1 aromatic heterocycles. The van der Waals surface area contributed by atoms with Gasteiger partial charge in [0.2, 0.25) is 0 Å². The van der Waals surface area contributed by atoms with Gasteiger partial charge in [-0.2, -0.15) is 5.10 Å². The smallest absolute Gasteiger partial charge is 0.267 e. The Kier molecular flexibility index (Phi) is 6.50. The molecule has 0 saturated heterocycles. The number of hydrogen-bond acceptors (Lipinski definition) is 3. The molecule has 0 radical (unpaired) electrons. The average molecular weight is 493 g/mol. The molecule has 1 aliphatic heterocycles. The van der Waals surface area contributed by atoms with Gasteiger partial charge >= 0.3 is 0 Å². The first kappa shape index (κ1) is 22.1. The van der Waals surface area contributed by atoms with Gasteiger partial charge in [0.15, 0.2) is 0 Å². The van der Waals surface area contributed by atoms with Gasteiger partial charge < -0.3 is 0 Å². The predicted octanol–water partition coefficient (Wildman–Crippen LogP) is 7.89. The molecule has 3 nitrogen and oxygen atoms in total. The number of carbonyl (C=O) groups is 1. The first-order chi connectivity index (χ1) is 16.1. The summed E-state index contributed by atoms with van der Waals surface area (Å²) in [6.45, 7) is 0. The first-order valence-electron chi connectivity index (χ1n) is 10.9. The van der Waals surface area contributed by atoms with E-state index in [1.165, 1.54) is 5.57 Å². The third kappa shape index (κ3) is 4.84. The van der Waals surface area contributed by atoms with Crippen LogP contribution in [0.2, 0.25) is 10.0 Å². The maximum Gasteiger partial charge on any atom is 0.267 e. The fourth-order valence-electron chi connectivity index (χ4n) is 4.55. The van der Waals surface area contributed by atoms with Crippen molar-refractivity contribution < 1.29 is 4.79 Å². The van der Waals surface area contributed by atoms with Crippen LogP contribution in [-0.2, 0) is 4.79 Å². The maximum atomic E-state index is 13.3. The van der Waals surface area contributed by atoms with Gasteiger partial charge in [-0.1, -0.05) is 53.5 Å². The summed E-state index contributed by atoms with van der Waals surface area (Å²) < 4.78 is 0. The highest BCUT2D eigenvalue weighted by molar-refractivity contribution is 7.10. The van der Waals surface area contributed by atoms with Crippen molar-refractivity contribution in [3.8, 4) is 0 Å². The summed E-state index contributed by atoms with van der Waals surface area (Å²) in [5.74, 6) is 0.0358. The number of nitrogens with zero attached hydrogens (tertiary/aromatic N) is 2. The van der Waals surface area contributed by atoms with Gasteiger partial charge in [0.05, 0.1) is 11.8 Å². The summed E-state index contributed by atoms with van der Waals surface area (Å²) in [6, 6.07) is 19.4. The lowest BCUT2D eigenvalue weighted by Crippen LogP contribution is -2.30. The molecule has 1 fully saturated rings. The zero-order chi connectivity index (χ0) is 22.8. The Morgan fingerprint density at radius 1 is 1.03 bits per heavy atom. The summed E-state index contributed by atoms with van der Waals surface area (Å²) >= 11 is 13.8. The number of amides is 1. The zero-order valence-corrected chi connectivity index (χ0v) is 20.2. The number of rotatable bonds is 4. The van der Waals surface area contributed by atoms with Gasteiger partial charge in [0, 0.05) is 26.9 Å². The molecular formula is C27H22Cl2N2OS. The number of hydrogen-bond donors (Lipinski definition) is 0. The lowest BCUT2D eigenvalue weighted by atomic mass is 9.77. The lowest BCUT2D eigenvalue weighted by molar-refractivity contribution is -0.128. The van der Waals surface area contributed by atoms with Crippen LogP contribution >= 0.6 is 34.5 Å². The van der Waals surface area contributed by atoms with Gasteiger partial charge in [-0.05, 0) is 83.8 Å². The molecule has 0 N–H and O–H groups in total. The van der Waals surface area contributed by atoms with Crippen molar-refractivity contribution in [1.29, 1.82) is 0 Å². The topological polar surface area (TPSA) is 32.7 Å². The summed E-state index contributed by atoms with van der Waals surface area (Å²) in [5, 5.41) is 9.97. The standard InChI is InChI=1S/C27H22Cl2N2OS/c28-21-10-6-18(7-11-21)17-20-3-1-5-24-26(20)30-31(25(32)15-14-23-4-2-16-33-23)27(24)19-8-12-22(29)13-9-19/h2,4,6-17,24,27H,1,3,5H2/b15-14+,20-17-/t24-,27-/m0/s1. The van der Waals surface area contributed by atoms with Crippen molar-refractivity contribution in [2.75, 3.05) is 0 Å². The van der Waals surface area contributed by atoms with Crippen LogP contribution in [0, 0.1) is 5.92 Å². The molecule has 2 aliphatic rings.